The number of pyridine rings is 1. The Morgan fingerprint density at radius 3 is 2.55 bits per heavy atom. The van der Waals surface area contributed by atoms with Gasteiger partial charge in [0.1, 0.15) is 17.6 Å². The molecule has 206 valence electrons. The van der Waals surface area contributed by atoms with Crippen LogP contribution in [0.25, 0.3) is 0 Å². The van der Waals surface area contributed by atoms with E-state index in [0.29, 0.717) is 42.3 Å². The van der Waals surface area contributed by atoms with Crippen LogP contribution in [0.3, 0.4) is 0 Å². The lowest BCUT2D eigenvalue weighted by atomic mass is 9.84. The average Bonchev–Trinajstić information content (AvgIpc) is 3.13. The van der Waals surface area contributed by atoms with Crippen LogP contribution in [-0.4, -0.2) is 60.5 Å². The van der Waals surface area contributed by atoms with Gasteiger partial charge in [0.2, 0.25) is 5.91 Å². The van der Waals surface area contributed by atoms with Crippen LogP contribution in [0.5, 0.6) is 0 Å². The zero-order valence-corrected chi connectivity index (χ0v) is 22.8. The van der Waals surface area contributed by atoms with E-state index in [2.05, 4.69) is 15.6 Å². The van der Waals surface area contributed by atoms with E-state index in [1.807, 2.05) is 0 Å². The molecule has 1 aliphatic carbocycles. The Morgan fingerprint density at radius 1 is 1.13 bits per heavy atom. The molecule has 2 aromatic rings. The number of aromatic nitrogens is 1. The van der Waals surface area contributed by atoms with Crippen LogP contribution in [0.4, 0.5) is 0 Å². The summed E-state index contributed by atoms with van der Waals surface area (Å²) < 4.78 is 32.6. The number of carbonyl (C=O) groups excluding carboxylic acids is 3. The molecule has 0 aromatic carbocycles. The van der Waals surface area contributed by atoms with Crippen molar-refractivity contribution in [3.63, 3.8) is 0 Å². The minimum atomic E-state index is -3.93. The molecule has 2 aliphatic rings. The second-order valence-electron chi connectivity index (χ2n) is 10.3. The van der Waals surface area contributed by atoms with Crippen LogP contribution < -0.4 is 10.6 Å². The molecular weight excluding hydrogens is 508 g/mol. The predicted octanol–water partition coefficient (Wildman–Crippen LogP) is 2.90. The molecule has 2 N–H and O–H groups in total. The maximum atomic E-state index is 13.5. The standard InChI is InChI=1S/C27H36N4O6S/c1-18-15-21(19(2)37-18)26(33)30-23(16-20-9-4-3-5-10-20)27(34)29-22-11-8-14-31(17-24(22)32)38(35,36)25-12-6-7-13-28-25/h6-7,12-13,15,20,22-23H,3-5,8-11,14,16-17H2,1-2H3,(H,29,34)(H,30,33)/t22-,23-/m0/s1. The van der Waals surface area contributed by atoms with Gasteiger partial charge in [-0.25, -0.2) is 13.4 Å². The molecule has 1 aliphatic heterocycles. The summed E-state index contributed by atoms with van der Waals surface area (Å²) in [5.41, 5.74) is 0.379. The third-order valence-corrected chi connectivity index (χ3v) is 9.14. The first-order chi connectivity index (χ1) is 18.1. The van der Waals surface area contributed by atoms with Gasteiger partial charge in [-0.05, 0) is 57.2 Å². The molecule has 1 saturated carbocycles. The molecule has 2 fully saturated rings. The van der Waals surface area contributed by atoms with E-state index < -0.39 is 33.9 Å². The molecule has 0 spiro atoms. The Balaban J connectivity index is 1.46. The highest BCUT2D eigenvalue weighted by Crippen LogP contribution is 2.28. The van der Waals surface area contributed by atoms with Gasteiger partial charge in [0.15, 0.2) is 10.8 Å². The highest BCUT2D eigenvalue weighted by molar-refractivity contribution is 7.89. The second kappa shape index (κ2) is 12.2. The molecule has 2 amide bonds. The first-order valence-corrected chi connectivity index (χ1v) is 14.7. The normalized spacial score (nSPS) is 20.5. The molecule has 38 heavy (non-hydrogen) atoms. The Labute approximate surface area is 223 Å². The minimum absolute atomic E-state index is 0.115. The number of hydrogen-bond acceptors (Lipinski definition) is 7. The number of rotatable bonds is 8. The van der Waals surface area contributed by atoms with Gasteiger partial charge in [0, 0.05) is 12.7 Å². The minimum Gasteiger partial charge on any atom is -0.466 e. The van der Waals surface area contributed by atoms with Crippen molar-refractivity contribution in [2.24, 2.45) is 5.92 Å². The van der Waals surface area contributed by atoms with Crippen molar-refractivity contribution in [3.8, 4) is 0 Å². The van der Waals surface area contributed by atoms with Crippen molar-refractivity contribution in [3.05, 3.63) is 47.5 Å². The van der Waals surface area contributed by atoms with Crippen molar-refractivity contribution >= 4 is 27.6 Å². The lowest BCUT2D eigenvalue weighted by molar-refractivity contribution is -0.129. The molecule has 4 rings (SSSR count). The summed E-state index contributed by atoms with van der Waals surface area (Å²) in [5, 5.41) is 5.58. The van der Waals surface area contributed by atoms with E-state index in [0.717, 1.165) is 30.0 Å². The summed E-state index contributed by atoms with van der Waals surface area (Å²) in [6.45, 7) is 3.26. The quantitative estimate of drug-likeness (QED) is 0.521. The molecule has 2 aromatic heterocycles. The van der Waals surface area contributed by atoms with Crippen molar-refractivity contribution < 1.29 is 27.2 Å². The van der Waals surface area contributed by atoms with Gasteiger partial charge in [0.25, 0.3) is 15.9 Å². The zero-order chi connectivity index (χ0) is 27.3. The van der Waals surface area contributed by atoms with Crippen LogP contribution in [0, 0.1) is 19.8 Å². The monoisotopic (exact) mass is 544 g/mol. The first-order valence-electron chi connectivity index (χ1n) is 13.3. The van der Waals surface area contributed by atoms with E-state index in [-0.39, 0.29) is 23.9 Å². The van der Waals surface area contributed by atoms with E-state index in [1.165, 1.54) is 18.7 Å². The predicted molar refractivity (Wildman–Crippen MR) is 140 cm³/mol. The summed E-state index contributed by atoms with van der Waals surface area (Å²) in [4.78, 5) is 43.5. The van der Waals surface area contributed by atoms with Crippen molar-refractivity contribution in [1.82, 2.24) is 19.9 Å². The van der Waals surface area contributed by atoms with Crippen LogP contribution in [-0.2, 0) is 19.6 Å². The molecule has 10 nitrogen and oxygen atoms in total. The Kier molecular flexibility index (Phi) is 8.99. The fourth-order valence-electron chi connectivity index (χ4n) is 5.34. The van der Waals surface area contributed by atoms with E-state index in [1.54, 1.807) is 32.0 Å². The lowest BCUT2D eigenvalue weighted by Gasteiger charge is -2.28. The topological polar surface area (TPSA) is 139 Å². The highest BCUT2D eigenvalue weighted by Gasteiger charge is 2.35. The van der Waals surface area contributed by atoms with Gasteiger partial charge in [0.05, 0.1) is 18.2 Å². The molecule has 2 atom stereocenters. The fourth-order valence-corrected chi connectivity index (χ4v) is 6.71. The van der Waals surface area contributed by atoms with Gasteiger partial charge >= 0.3 is 0 Å². The molecule has 0 unspecified atom stereocenters. The Morgan fingerprint density at radius 2 is 1.89 bits per heavy atom. The third kappa shape index (κ3) is 6.68. The molecule has 0 radical (unpaired) electrons. The summed E-state index contributed by atoms with van der Waals surface area (Å²) >= 11 is 0. The molecule has 11 heteroatoms. The Bertz CT molecular complexity index is 1250. The number of sulfonamides is 1. The number of Topliss-reactive ketones (excluding diaryl/α,β-unsaturated/α-hetero) is 1. The van der Waals surface area contributed by atoms with Gasteiger partial charge in [-0.2, -0.15) is 4.31 Å². The maximum Gasteiger partial charge on any atom is 0.260 e. The van der Waals surface area contributed by atoms with E-state index >= 15 is 0 Å². The number of hydrogen-bond donors (Lipinski definition) is 2. The van der Waals surface area contributed by atoms with Gasteiger partial charge in [-0.15, -0.1) is 0 Å². The van der Waals surface area contributed by atoms with Crippen molar-refractivity contribution in [1.29, 1.82) is 0 Å². The number of ketones is 1. The van der Waals surface area contributed by atoms with Crippen LogP contribution in [0.15, 0.2) is 39.9 Å². The zero-order valence-electron chi connectivity index (χ0n) is 21.9. The number of nitrogens with one attached hydrogen (secondary N) is 2. The van der Waals surface area contributed by atoms with E-state index in [4.69, 9.17) is 4.42 Å². The number of furan rings is 1. The van der Waals surface area contributed by atoms with Crippen molar-refractivity contribution in [2.45, 2.75) is 82.3 Å². The average molecular weight is 545 g/mol. The number of aryl methyl sites for hydroxylation is 2. The summed E-state index contributed by atoms with van der Waals surface area (Å²) in [6.07, 6.45) is 7.92. The number of amides is 2. The van der Waals surface area contributed by atoms with Crippen LogP contribution in [0.1, 0.15) is 73.2 Å². The van der Waals surface area contributed by atoms with E-state index in [9.17, 15) is 22.8 Å². The largest absolute Gasteiger partial charge is 0.466 e. The second-order valence-corrected chi connectivity index (χ2v) is 12.2. The first kappa shape index (κ1) is 28.0. The number of nitrogens with zero attached hydrogens (tertiary/aromatic N) is 2. The fraction of sp³-hybridized carbons (Fsp3) is 0.556. The third-order valence-electron chi connectivity index (χ3n) is 7.38. The van der Waals surface area contributed by atoms with Gasteiger partial charge in [-0.3, -0.25) is 14.4 Å². The molecule has 1 saturated heterocycles. The molecule has 3 heterocycles. The summed E-state index contributed by atoms with van der Waals surface area (Å²) in [5.74, 6) is 0.173. The number of carbonyl (C=O) groups is 3. The molecular formula is C27H36N4O6S. The SMILES string of the molecule is Cc1cc(C(=O)N[C@@H](CC2CCCCC2)C(=O)N[C@H]2CCCN(S(=O)(=O)c3ccccn3)CC2=O)c(C)o1. The van der Waals surface area contributed by atoms with Crippen LogP contribution in [0.2, 0.25) is 0 Å². The summed E-state index contributed by atoms with van der Waals surface area (Å²) in [6, 6.07) is 4.59. The highest BCUT2D eigenvalue weighted by atomic mass is 32.2. The van der Waals surface area contributed by atoms with Crippen LogP contribution >= 0.6 is 0 Å². The maximum absolute atomic E-state index is 13.5. The molecule has 0 bridgehead atoms. The van der Waals surface area contributed by atoms with Gasteiger partial charge in [-0.1, -0.05) is 38.2 Å². The summed E-state index contributed by atoms with van der Waals surface area (Å²) in [7, 11) is -3.93. The smallest absolute Gasteiger partial charge is 0.260 e. The van der Waals surface area contributed by atoms with Crippen molar-refractivity contribution in [2.75, 3.05) is 13.1 Å². The lowest BCUT2D eigenvalue weighted by Crippen LogP contribution is -2.53. The Hall–Kier alpha value is -3.05. The van der Waals surface area contributed by atoms with Gasteiger partial charge < -0.3 is 15.1 Å².